The van der Waals surface area contributed by atoms with Gasteiger partial charge in [0.05, 0.1) is 49.0 Å². The number of carbonyl (C=O) groups is 1. The molecule has 9 heteroatoms. The third kappa shape index (κ3) is 6.40. The highest BCUT2D eigenvalue weighted by atomic mass is 16.5. The molecule has 2 aliphatic rings. The first kappa shape index (κ1) is 33.5. The second-order valence-corrected chi connectivity index (χ2v) is 14.4. The predicted molar refractivity (Wildman–Crippen MR) is 192 cm³/mol. The fraction of sp³-hybridized carbons (Fsp3) is 0.462. The monoisotopic (exact) mass is 649 g/mol. The van der Waals surface area contributed by atoms with Crippen LogP contribution in [0.25, 0.3) is 33.6 Å². The summed E-state index contributed by atoms with van der Waals surface area (Å²) in [5.74, 6) is 3.21. The lowest BCUT2D eigenvalue weighted by molar-refractivity contribution is 0.157. The minimum atomic E-state index is -0.449. The number of aromatic amines is 2. The van der Waals surface area contributed by atoms with Crippen LogP contribution in [-0.2, 0) is 4.74 Å². The van der Waals surface area contributed by atoms with E-state index in [2.05, 4.69) is 129 Å². The SMILES string of the molecule is C=C(C(NC(=O)OC)C(C)C)N1[C@H](c2ncc(-c3ccc(-c4ccc(-c5cnc([C@@H]6C[C@H](C)[C@H](C)N6C)[nH]5)cc4)cc3)[nH]2)C[C@H](C)[C@@H]1C. The number of ether oxygens (including phenoxy) is 1. The number of benzene rings is 2. The molecule has 4 heterocycles. The normalized spacial score (nSPS) is 25.1. The van der Waals surface area contributed by atoms with Gasteiger partial charge in [-0.1, -0.05) is 82.8 Å². The average Bonchev–Trinajstić information content (AvgIpc) is 3.88. The number of nitrogens with zero attached hydrogens (tertiary/aromatic N) is 4. The summed E-state index contributed by atoms with van der Waals surface area (Å²) in [5, 5.41) is 2.99. The highest BCUT2D eigenvalue weighted by molar-refractivity contribution is 5.71. The van der Waals surface area contributed by atoms with E-state index in [1.165, 1.54) is 7.11 Å². The molecule has 0 bridgehead atoms. The van der Waals surface area contributed by atoms with E-state index >= 15 is 0 Å². The first-order valence-electron chi connectivity index (χ1n) is 17.3. The van der Waals surface area contributed by atoms with Crippen LogP contribution in [0.4, 0.5) is 4.79 Å². The van der Waals surface area contributed by atoms with E-state index in [1.807, 2.05) is 12.4 Å². The third-order valence-corrected chi connectivity index (χ3v) is 11.1. The predicted octanol–water partition coefficient (Wildman–Crippen LogP) is 8.20. The lowest BCUT2D eigenvalue weighted by Crippen LogP contribution is -2.46. The largest absolute Gasteiger partial charge is 0.453 e. The maximum atomic E-state index is 12.1. The summed E-state index contributed by atoms with van der Waals surface area (Å²) < 4.78 is 4.91. The molecule has 3 N–H and O–H groups in total. The Balaban J connectivity index is 1.15. The summed E-state index contributed by atoms with van der Waals surface area (Å²) in [4.78, 5) is 33.7. The molecule has 2 aromatic carbocycles. The van der Waals surface area contributed by atoms with Gasteiger partial charge < -0.3 is 24.9 Å². The molecule has 7 atom stereocenters. The molecule has 2 aliphatic heterocycles. The van der Waals surface area contributed by atoms with Crippen LogP contribution in [0.3, 0.4) is 0 Å². The number of imidazole rings is 2. The number of hydrogen-bond acceptors (Lipinski definition) is 6. The van der Waals surface area contributed by atoms with Gasteiger partial charge in [0, 0.05) is 17.8 Å². The zero-order valence-electron chi connectivity index (χ0n) is 29.6. The van der Waals surface area contributed by atoms with Gasteiger partial charge in [-0.3, -0.25) is 4.90 Å². The second kappa shape index (κ2) is 13.6. The summed E-state index contributed by atoms with van der Waals surface area (Å²) in [5.41, 5.74) is 7.44. The van der Waals surface area contributed by atoms with Gasteiger partial charge >= 0.3 is 6.09 Å². The van der Waals surface area contributed by atoms with Crippen molar-refractivity contribution >= 4 is 6.09 Å². The van der Waals surface area contributed by atoms with Gasteiger partial charge in [0.2, 0.25) is 0 Å². The Hall–Kier alpha value is -4.37. The zero-order valence-corrected chi connectivity index (χ0v) is 29.6. The third-order valence-electron chi connectivity index (χ3n) is 11.1. The number of hydrogen-bond donors (Lipinski definition) is 3. The minimum Gasteiger partial charge on any atom is -0.453 e. The fourth-order valence-corrected chi connectivity index (χ4v) is 7.60. The van der Waals surface area contributed by atoms with Crippen molar-refractivity contribution < 1.29 is 9.53 Å². The molecule has 48 heavy (non-hydrogen) atoms. The van der Waals surface area contributed by atoms with Crippen molar-refractivity contribution in [1.82, 2.24) is 35.1 Å². The van der Waals surface area contributed by atoms with Gasteiger partial charge in [0.25, 0.3) is 0 Å². The molecule has 0 radical (unpaired) electrons. The van der Waals surface area contributed by atoms with Gasteiger partial charge in [0.1, 0.15) is 11.6 Å². The molecular weight excluding hydrogens is 598 g/mol. The minimum absolute atomic E-state index is 0.0341. The Morgan fingerprint density at radius 1 is 0.812 bits per heavy atom. The first-order chi connectivity index (χ1) is 23.0. The van der Waals surface area contributed by atoms with Crippen molar-refractivity contribution in [2.24, 2.45) is 17.8 Å². The van der Waals surface area contributed by atoms with E-state index in [9.17, 15) is 4.79 Å². The molecule has 1 unspecified atom stereocenters. The standard InChI is InChI=1S/C39H51N7O2/c1-22(2)36(44-39(47)48-9)27(7)46-26(6)24(4)19-35(46)38-41-21-33(43-38)31-16-12-29(13-17-31)28-10-14-30(15-11-28)32-20-40-37(42-32)34-18-23(3)25(5)45(34)8/h10-17,20-26,34-36H,7,18-19H2,1-6,8-9H3,(H,40,42)(H,41,43)(H,44,47)/t23-,24-,25-,26-,34-,35-,36?/m0/s1. The van der Waals surface area contributed by atoms with Crippen LogP contribution in [-0.4, -0.2) is 68.1 Å². The molecule has 0 saturated carbocycles. The molecule has 9 nitrogen and oxygen atoms in total. The van der Waals surface area contributed by atoms with Crippen LogP contribution >= 0.6 is 0 Å². The lowest BCUT2D eigenvalue weighted by atomic mass is 9.99. The molecule has 2 aromatic heterocycles. The van der Waals surface area contributed by atoms with Crippen molar-refractivity contribution in [1.29, 1.82) is 0 Å². The van der Waals surface area contributed by atoms with Crippen LogP contribution in [0.2, 0.25) is 0 Å². The van der Waals surface area contributed by atoms with Gasteiger partial charge in [0.15, 0.2) is 0 Å². The number of likely N-dealkylation sites (tertiary alicyclic amines) is 2. The average molecular weight is 650 g/mol. The van der Waals surface area contributed by atoms with Crippen LogP contribution in [0.15, 0.2) is 73.2 Å². The Bertz CT molecular complexity index is 1720. The Morgan fingerprint density at radius 2 is 1.27 bits per heavy atom. The van der Waals surface area contributed by atoms with Crippen LogP contribution in [0.1, 0.15) is 78.1 Å². The molecule has 0 spiro atoms. The smallest absolute Gasteiger partial charge is 0.407 e. The number of carbonyl (C=O) groups excluding carboxylic acids is 1. The number of H-pyrrole nitrogens is 2. The highest BCUT2D eigenvalue weighted by Gasteiger charge is 2.41. The van der Waals surface area contributed by atoms with E-state index < -0.39 is 6.09 Å². The number of amides is 1. The summed E-state index contributed by atoms with van der Waals surface area (Å²) in [6, 6.07) is 18.2. The molecule has 2 fully saturated rings. The van der Waals surface area contributed by atoms with Gasteiger partial charge in [-0.2, -0.15) is 0 Å². The number of alkyl carbamates (subject to hydrolysis) is 1. The molecule has 254 valence electrons. The van der Waals surface area contributed by atoms with Crippen LogP contribution in [0.5, 0.6) is 0 Å². The number of methoxy groups -OCH3 is 1. The van der Waals surface area contributed by atoms with Crippen molar-refractivity contribution in [2.75, 3.05) is 14.2 Å². The number of nitrogens with one attached hydrogen (secondary N) is 3. The maximum Gasteiger partial charge on any atom is 0.407 e. The highest BCUT2D eigenvalue weighted by Crippen LogP contribution is 2.43. The first-order valence-corrected chi connectivity index (χ1v) is 17.3. The van der Waals surface area contributed by atoms with Gasteiger partial charge in [-0.15, -0.1) is 0 Å². The van der Waals surface area contributed by atoms with Crippen molar-refractivity contribution in [2.45, 2.75) is 84.6 Å². The van der Waals surface area contributed by atoms with Crippen molar-refractivity contribution in [3.8, 4) is 33.6 Å². The van der Waals surface area contributed by atoms with Crippen LogP contribution in [0, 0.1) is 17.8 Å². The maximum absolute atomic E-state index is 12.1. The van der Waals surface area contributed by atoms with E-state index in [0.717, 1.165) is 63.8 Å². The van der Waals surface area contributed by atoms with E-state index in [-0.39, 0.29) is 24.0 Å². The molecular formula is C39H51N7O2. The molecule has 0 aliphatic carbocycles. The Labute approximate surface area is 285 Å². The van der Waals surface area contributed by atoms with E-state index in [1.54, 1.807) is 0 Å². The Morgan fingerprint density at radius 3 is 1.73 bits per heavy atom. The lowest BCUT2D eigenvalue weighted by Gasteiger charge is -2.37. The van der Waals surface area contributed by atoms with Gasteiger partial charge in [-0.05, 0) is 73.7 Å². The van der Waals surface area contributed by atoms with Crippen LogP contribution < -0.4 is 5.32 Å². The molecule has 2 saturated heterocycles. The summed E-state index contributed by atoms with van der Waals surface area (Å²) >= 11 is 0. The zero-order chi connectivity index (χ0) is 34.3. The quantitative estimate of drug-likeness (QED) is 0.169. The Kier molecular flexibility index (Phi) is 9.52. The van der Waals surface area contributed by atoms with Gasteiger partial charge in [-0.25, -0.2) is 14.8 Å². The fourth-order valence-electron chi connectivity index (χ4n) is 7.60. The van der Waals surface area contributed by atoms with Crippen molar-refractivity contribution in [3.05, 3.63) is 84.8 Å². The van der Waals surface area contributed by atoms with E-state index in [4.69, 9.17) is 14.7 Å². The molecule has 4 aromatic rings. The topological polar surface area (TPSA) is 102 Å². The number of rotatable bonds is 9. The van der Waals surface area contributed by atoms with E-state index in [0.29, 0.717) is 23.9 Å². The molecule has 1 amide bonds. The van der Waals surface area contributed by atoms with Crippen molar-refractivity contribution in [3.63, 3.8) is 0 Å². The number of aromatic nitrogens is 4. The summed E-state index contributed by atoms with van der Waals surface area (Å²) in [6.07, 6.45) is 5.50. The summed E-state index contributed by atoms with van der Waals surface area (Å²) in [6.45, 7) is 17.7. The summed E-state index contributed by atoms with van der Waals surface area (Å²) in [7, 11) is 3.59. The second-order valence-electron chi connectivity index (χ2n) is 14.4. The molecule has 6 rings (SSSR count).